The van der Waals surface area contributed by atoms with Crippen LogP contribution in [-0.4, -0.2) is 41.1 Å². The molecule has 4 nitrogen and oxygen atoms in total. The lowest BCUT2D eigenvalue weighted by atomic mass is 10.2. The lowest BCUT2D eigenvalue weighted by Gasteiger charge is -2.36. The smallest absolute Gasteiger partial charge is 0.140 e. The van der Waals surface area contributed by atoms with Gasteiger partial charge in [0.15, 0.2) is 0 Å². The van der Waals surface area contributed by atoms with Crippen LogP contribution in [0.4, 0.5) is 5.82 Å². The minimum absolute atomic E-state index is 0.0645. The number of halogens is 1. The number of aryl methyl sites for hydroxylation is 1. The Hall–Kier alpha value is -0.910. The van der Waals surface area contributed by atoms with E-state index in [2.05, 4.69) is 34.8 Å². The monoisotopic (exact) mass is 311 g/mol. The summed E-state index contributed by atoms with van der Waals surface area (Å²) in [6.45, 7) is 5.88. The molecule has 1 fully saturated rings. The Morgan fingerprint density at radius 3 is 3.05 bits per heavy atom. The maximum atomic E-state index is 5.96. The lowest BCUT2D eigenvalue weighted by Crippen LogP contribution is -2.47. The van der Waals surface area contributed by atoms with E-state index < -0.39 is 0 Å². The van der Waals surface area contributed by atoms with Gasteiger partial charge in [-0.1, -0.05) is 6.92 Å². The zero-order chi connectivity index (χ0) is 14.1. The first kappa shape index (κ1) is 14.0. The Kier molecular flexibility index (Phi) is 4.10. The fourth-order valence-corrected chi connectivity index (χ4v) is 3.72. The number of fused-ring (bicyclic) bond motifs is 1. The molecule has 1 aliphatic heterocycles. The SMILES string of the molecule is CCc1cc2c(N3CC(C)OC(CCl)C3)ncnc2s1. The summed E-state index contributed by atoms with van der Waals surface area (Å²) in [5.74, 6) is 1.52. The largest absolute Gasteiger partial charge is 0.370 e. The molecule has 0 bridgehead atoms. The average Bonchev–Trinajstić information content (AvgIpc) is 2.89. The Morgan fingerprint density at radius 2 is 2.30 bits per heavy atom. The fraction of sp³-hybridized carbons (Fsp3) is 0.571. The standard InChI is InChI=1S/C14H18ClN3OS/c1-3-11-4-12-13(16-8-17-14(12)20-11)18-6-9(2)19-10(5-15)7-18/h4,8-10H,3,5-7H2,1-2H3. The number of rotatable bonds is 3. The normalized spacial score (nSPS) is 23.4. The molecular formula is C14H18ClN3OS. The van der Waals surface area contributed by atoms with Crippen molar-refractivity contribution in [1.82, 2.24) is 9.97 Å². The fourth-order valence-electron chi connectivity index (χ4n) is 2.62. The molecule has 20 heavy (non-hydrogen) atoms. The third-order valence-electron chi connectivity index (χ3n) is 3.51. The van der Waals surface area contributed by atoms with E-state index in [1.807, 2.05) is 0 Å². The molecule has 0 N–H and O–H groups in total. The van der Waals surface area contributed by atoms with Gasteiger partial charge in [-0.3, -0.25) is 0 Å². The van der Waals surface area contributed by atoms with E-state index in [1.165, 1.54) is 4.88 Å². The van der Waals surface area contributed by atoms with Gasteiger partial charge >= 0.3 is 0 Å². The number of ether oxygens (including phenoxy) is 1. The van der Waals surface area contributed by atoms with Crippen molar-refractivity contribution in [1.29, 1.82) is 0 Å². The van der Waals surface area contributed by atoms with Gasteiger partial charge in [0.25, 0.3) is 0 Å². The number of alkyl halides is 1. The zero-order valence-electron chi connectivity index (χ0n) is 11.7. The van der Waals surface area contributed by atoms with Crippen molar-refractivity contribution < 1.29 is 4.74 Å². The van der Waals surface area contributed by atoms with Gasteiger partial charge < -0.3 is 9.64 Å². The molecule has 2 aromatic heterocycles. The Morgan fingerprint density at radius 1 is 1.45 bits per heavy atom. The predicted molar refractivity (Wildman–Crippen MR) is 84.1 cm³/mol. The quantitative estimate of drug-likeness (QED) is 0.817. The molecule has 3 heterocycles. The third kappa shape index (κ3) is 2.62. The van der Waals surface area contributed by atoms with Gasteiger partial charge in [-0.15, -0.1) is 22.9 Å². The number of hydrogen-bond acceptors (Lipinski definition) is 5. The summed E-state index contributed by atoms with van der Waals surface area (Å²) in [6, 6.07) is 2.21. The van der Waals surface area contributed by atoms with Gasteiger partial charge in [-0.25, -0.2) is 9.97 Å². The van der Waals surface area contributed by atoms with Crippen molar-refractivity contribution in [2.45, 2.75) is 32.5 Å². The van der Waals surface area contributed by atoms with Crippen molar-refractivity contribution in [2.24, 2.45) is 0 Å². The second-order valence-corrected chi connectivity index (χ2v) is 6.53. The highest BCUT2D eigenvalue weighted by Gasteiger charge is 2.27. The lowest BCUT2D eigenvalue weighted by molar-refractivity contribution is -0.00348. The van der Waals surface area contributed by atoms with E-state index in [4.69, 9.17) is 16.3 Å². The molecule has 1 aliphatic rings. The molecular weight excluding hydrogens is 294 g/mol. The molecule has 0 aliphatic carbocycles. The number of thiophene rings is 1. The molecule has 3 rings (SSSR count). The maximum absolute atomic E-state index is 5.96. The summed E-state index contributed by atoms with van der Waals surface area (Å²) in [4.78, 5) is 13.6. The Balaban J connectivity index is 1.98. The molecule has 0 saturated carbocycles. The van der Waals surface area contributed by atoms with Crippen LogP contribution < -0.4 is 4.90 Å². The molecule has 0 spiro atoms. The summed E-state index contributed by atoms with van der Waals surface area (Å²) in [5, 5.41) is 1.15. The van der Waals surface area contributed by atoms with E-state index in [-0.39, 0.29) is 12.2 Å². The number of anilines is 1. The summed E-state index contributed by atoms with van der Waals surface area (Å²) in [6.07, 6.45) is 2.92. The molecule has 2 aromatic rings. The number of aromatic nitrogens is 2. The van der Waals surface area contributed by atoms with Crippen molar-refractivity contribution in [3.8, 4) is 0 Å². The summed E-state index contributed by atoms with van der Waals surface area (Å²) in [7, 11) is 0. The van der Waals surface area contributed by atoms with Gasteiger partial charge in [-0.05, 0) is 19.4 Å². The van der Waals surface area contributed by atoms with Crippen molar-refractivity contribution >= 4 is 39.0 Å². The second-order valence-electron chi connectivity index (χ2n) is 5.11. The highest BCUT2D eigenvalue weighted by atomic mass is 35.5. The summed E-state index contributed by atoms with van der Waals surface area (Å²) >= 11 is 7.71. The molecule has 2 atom stereocenters. The Bertz CT molecular complexity index is 603. The van der Waals surface area contributed by atoms with Crippen LogP contribution in [0.25, 0.3) is 10.2 Å². The number of hydrogen-bond donors (Lipinski definition) is 0. The first-order valence-electron chi connectivity index (χ1n) is 6.91. The summed E-state index contributed by atoms with van der Waals surface area (Å²) in [5.41, 5.74) is 0. The van der Waals surface area contributed by atoms with Crippen LogP contribution in [0.5, 0.6) is 0 Å². The van der Waals surface area contributed by atoms with Gasteiger partial charge in [0, 0.05) is 18.0 Å². The van der Waals surface area contributed by atoms with Crippen LogP contribution >= 0.6 is 22.9 Å². The highest BCUT2D eigenvalue weighted by Crippen LogP contribution is 2.31. The third-order valence-corrected chi connectivity index (χ3v) is 5.04. The van der Waals surface area contributed by atoms with Crippen LogP contribution in [0.2, 0.25) is 0 Å². The van der Waals surface area contributed by atoms with E-state index in [1.54, 1.807) is 17.7 Å². The van der Waals surface area contributed by atoms with E-state index in [0.29, 0.717) is 5.88 Å². The predicted octanol–water partition coefficient (Wildman–Crippen LogP) is 3.09. The minimum Gasteiger partial charge on any atom is -0.370 e. The van der Waals surface area contributed by atoms with Gasteiger partial charge in [0.2, 0.25) is 0 Å². The van der Waals surface area contributed by atoms with Gasteiger partial charge in [-0.2, -0.15) is 0 Å². The molecule has 0 aromatic carbocycles. The molecule has 2 unspecified atom stereocenters. The summed E-state index contributed by atoms with van der Waals surface area (Å²) < 4.78 is 5.81. The molecule has 108 valence electrons. The average molecular weight is 312 g/mol. The first-order chi connectivity index (χ1) is 9.71. The maximum Gasteiger partial charge on any atom is 0.140 e. The van der Waals surface area contributed by atoms with E-state index in [9.17, 15) is 0 Å². The number of nitrogens with zero attached hydrogens (tertiary/aromatic N) is 3. The van der Waals surface area contributed by atoms with E-state index >= 15 is 0 Å². The van der Waals surface area contributed by atoms with Crippen LogP contribution in [0.15, 0.2) is 12.4 Å². The van der Waals surface area contributed by atoms with Gasteiger partial charge in [0.05, 0.1) is 23.5 Å². The Labute approximate surface area is 127 Å². The molecule has 1 saturated heterocycles. The van der Waals surface area contributed by atoms with Crippen LogP contribution in [0.3, 0.4) is 0 Å². The van der Waals surface area contributed by atoms with Crippen LogP contribution in [-0.2, 0) is 11.2 Å². The molecule has 0 radical (unpaired) electrons. The zero-order valence-corrected chi connectivity index (χ0v) is 13.2. The molecule has 6 heteroatoms. The van der Waals surface area contributed by atoms with Crippen LogP contribution in [0, 0.1) is 0 Å². The second kappa shape index (κ2) is 5.84. The van der Waals surface area contributed by atoms with Crippen molar-refractivity contribution in [2.75, 3.05) is 23.9 Å². The van der Waals surface area contributed by atoms with E-state index in [0.717, 1.165) is 35.5 Å². The van der Waals surface area contributed by atoms with Crippen molar-refractivity contribution in [3.05, 3.63) is 17.3 Å². The van der Waals surface area contributed by atoms with Crippen molar-refractivity contribution in [3.63, 3.8) is 0 Å². The highest BCUT2D eigenvalue weighted by molar-refractivity contribution is 7.18. The van der Waals surface area contributed by atoms with Crippen LogP contribution in [0.1, 0.15) is 18.7 Å². The molecule has 0 amide bonds. The number of morpholine rings is 1. The first-order valence-corrected chi connectivity index (χ1v) is 8.26. The minimum atomic E-state index is 0.0645. The van der Waals surface area contributed by atoms with Gasteiger partial charge in [0.1, 0.15) is 17.0 Å². The topological polar surface area (TPSA) is 38.2 Å².